The van der Waals surface area contributed by atoms with E-state index in [0.29, 0.717) is 5.92 Å². The fraction of sp³-hybridized carbons (Fsp3) is 0.667. The first kappa shape index (κ1) is 16.2. The Bertz CT molecular complexity index is 333. The summed E-state index contributed by atoms with van der Waals surface area (Å²) < 4.78 is 0. The molecule has 0 fully saturated rings. The normalized spacial score (nSPS) is 16.0. The smallest absolute Gasteiger partial charge is 0.0688 e. The molecule has 1 nitrogen and oxygen atoms in total. The van der Waals surface area contributed by atoms with Gasteiger partial charge in [0.1, 0.15) is 0 Å². The quantitative estimate of drug-likeness (QED) is 0.665. The Morgan fingerprint density at radius 1 is 1.11 bits per heavy atom. The molecule has 0 saturated heterocycles. The van der Waals surface area contributed by atoms with Crippen LogP contribution in [0.3, 0.4) is 0 Å². The van der Waals surface area contributed by atoms with Crippen molar-refractivity contribution >= 4 is 0 Å². The zero-order valence-electron chi connectivity index (χ0n) is 12.9. The van der Waals surface area contributed by atoms with Gasteiger partial charge in [0.25, 0.3) is 0 Å². The van der Waals surface area contributed by atoms with Gasteiger partial charge < -0.3 is 5.11 Å². The maximum Gasteiger partial charge on any atom is 0.0688 e. The first-order valence-corrected chi connectivity index (χ1v) is 7.89. The van der Waals surface area contributed by atoms with Gasteiger partial charge in [-0.25, -0.2) is 0 Å². The summed E-state index contributed by atoms with van der Waals surface area (Å²) in [4.78, 5) is 0. The molecule has 0 aliphatic heterocycles. The maximum atomic E-state index is 10.9. The van der Waals surface area contributed by atoms with Gasteiger partial charge in [0.2, 0.25) is 0 Å². The summed E-state index contributed by atoms with van der Waals surface area (Å²) in [5.41, 5.74) is 0.715. The first-order valence-electron chi connectivity index (χ1n) is 7.89. The molecule has 0 radical (unpaired) electrons. The van der Waals surface area contributed by atoms with Crippen LogP contribution in [0.2, 0.25) is 0 Å². The molecular formula is C18H30O. The molecule has 1 aromatic rings. The summed E-state index contributed by atoms with van der Waals surface area (Å²) in [7, 11) is 0. The molecule has 1 rings (SSSR count). The molecule has 1 aromatic carbocycles. The molecule has 0 aliphatic rings. The third-order valence-corrected chi connectivity index (χ3v) is 4.25. The molecule has 1 heteroatoms. The summed E-state index contributed by atoms with van der Waals surface area (Å²) in [6.07, 6.45) is 7.52. The van der Waals surface area contributed by atoms with Crippen LogP contribution in [0.15, 0.2) is 30.3 Å². The summed E-state index contributed by atoms with van der Waals surface area (Å²) in [6, 6.07) is 10.4. The largest absolute Gasteiger partial charge is 0.390 e. The van der Waals surface area contributed by atoms with Gasteiger partial charge in [-0.3, -0.25) is 0 Å². The number of hydrogen-bond donors (Lipinski definition) is 1. The number of unbranched alkanes of at least 4 members (excludes halogenated alkanes) is 1. The van der Waals surface area contributed by atoms with Crippen molar-refractivity contribution in [3.63, 3.8) is 0 Å². The first-order chi connectivity index (χ1) is 9.13. The number of aliphatic hydroxyl groups is 1. The molecule has 0 aliphatic carbocycles. The molecular weight excluding hydrogens is 232 g/mol. The van der Waals surface area contributed by atoms with E-state index in [1.807, 2.05) is 6.07 Å². The van der Waals surface area contributed by atoms with E-state index in [9.17, 15) is 5.11 Å². The van der Waals surface area contributed by atoms with Crippen LogP contribution in [0.4, 0.5) is 0 Å². The highest BCUT2D eigenvalue weighted by Crippen LogP contribution is 2.29. The van der Waals surface area contributed by atoms with Crippen LogP contribution in [0, 0.1) is 5.92 Å². The van der Waals surface area contributed by atoms with Crippen molar-refractivity contribution in [1.29, 1.82) is 0 Å². The summed E-state index contributed by atoms with van der Waals surface area (Å²) >= 11 is 0. The molecule has 0 saturated carbocycles. The third-order valence-electron chi connectivity index (χ3n) is 4.25. The second-order valence-corrected chi connectivity index (χ2v) is 5.86. The van der Waals surface area contributed by atoms with Gasteiger partial charge in [-0.05, 0) is 24.3 Å². The highest BCUT2D eigenvalue weighted by atomic mass is 16.3. The Labute approximate surface area is 119 Å². The number of benzene rings is 1. The average molecular weight is 262 g/mol. The van der Waals surface area contributed by atoms with E-state index >= 15 is 0 Å². The zero-order chi connectivity index (χ0) is 14.1. The Morgan fingerprint density at radius 3 is 2.32 bits per heavy atom. The van der Waals surface area contributed by atoms with Crippen molar-refractivity contribution in [2.45, 2.75) is 71.3 Å². The fourth-order valence-corrected chi connectivity index (χ4v) is 2.80. The van der Waals surface area contributed by atoms with Crippen molar-refractivity contribution in [2.24, 2.45) is 5.92 Å². The summed E-state index contributed by atoms with van der Waals surface area (Å²) in [5.74, 6) is 0.661. The lowest BCUT2D eigenvalue weighted by molar-refractivity contribution is 0.00968. The zero-order valence-corrected chi connectivity index (χ0v) is 12.9. The van der Waals surface area contributed by atoms with Crippen LogP contribution >= 0.6 is 0 Å². The van der Waals surface area contributed by atoms with Crippen molar-refractivity contribution in [3.05, 3.63) is 35.9 Å². The molecule has 1 N–H and O–H groups in total. The summed E-state index contributed by atoms with van der Waals surface area (Å²) in [6.45, 7) is 6.59. The Balaban J connectivity index is 2.63. The summed E-state index contributed by atoms with van der Waals surface area (Å²) in [5, 5.41) is 10.9. The monoisotopic (exact) mass is 262 g/mol. The highest BCUT2D eigenvalue weighted by Gasteiger charge is 2.28. The van der Waals surface area contributed by atoms with Gasteiger partial charge in [-0.15, -0.1) is 0 Å². The van der Waals surface area contributed by atoms with Gasteiger partial charge in [0.15, 0.2) is 0 Å². The van der Waals surface area contributed by atoms with Crippen molar-refractivity contribution in [3.8, 4) is 0 Å². The predicted molar refractivity (Wildman–Crippen MR) is 83.3 cm³/mol. The van der Waals surface area contributed by atoms with Crippen LogP contribution in [-0.2, 0) is 6.42 Å². The van der Waals surface area contributed by atoms with Gasteiger partial charge in [0, 0.05) is 6.42 Å². The predicted octanol–water partition coefficient (Wildman–Crippen LogP) is 4.98. The third kappa shape index (κ3) is 5.78. The Kier molecular flexibility index (Phi) is 7.15. The topological polar surface area (TPSA) is 20.2 Å². The molecule has 108 valence electrons. The van der Waals surface area contributed by atoms with E-state index in [1.54, 1.807) is 0 Å². The van der Waals surface area contributed by atoms with Crippen molar-refractivity contribution < 1.29 is 5.11 Å². The molecule has 0 bridgehead atoms. The minimum atomic E-state index is -0.532. The lowest BCUT2D eigenvalue weighted by Crippen LogP contribution is -2.33. The second kappa shape index (κ2) is 8.37. The molecule has 2 atom stereocenters. The van der Waals surface area contributed by atoms with Gasteiger partial charge in [-0.2, -0.15) is 0 Å². The van der Waals surface area contributed by atoms with Crippen LogP contribution in [0.25, 0.3) is 0 Å². The van der Waals surface area contributed by atoms with Crippen LogP contribution in [-0.4, -0.2) is 10.7 Å². The molecule has 2 unspecified atom stereocenters. The van der Waals surface area contributed by atoms with Crippen LogP contribution < -0.4 is 0 Å². The van der Waals surface area contributed by atoms with E-state index < -0.39 is 5.60 Å². The van der Waals surface area contributed by atoms with Crippen LogP contribution in [0.5, 0.6) is 0 Å². The van der Waals surface area contributed by atoms with E-state index in [2.05, 4.69) is 45.0 Å². The van der Waals surface area contributed by atoms with Crippen LogP contribution in [0.1, 0.15) is 64.9 Å². The Hall–Kier alpha value is -0.820. The molecule has 0 aromatic heterocycles. The SMILES string of the molecule is CCCCC(CC)CC(O)(CC)Cc1ccccc1. The highest BCUT2D eigenvalue weighted by molar-refractivity contribution is 5.17. The minimum Gasteiger partial charge on any atom is -0.390 e. The van der Waals surface area contributed by atoms with E-state index in [4.69, 9.17) is 0 Å². The fourth-order valence-electron chi connectivity index (χ4n) is 2.80. The Morgan fingerprint density at radius 2 is 1.79 bits per heavy atom. The molecule has 0 spiro atoms. The van der Waals surface area contributed by atoms with Crippen molar-refractivity contribution in [1.82, 2.24) is 0 Å². The molecule has 0 amide bonds. The van der Waals surface area contributed by atoms with E-state index in [-0.39, 0.29) is 0 Å². The minimum absolute atomic E-state index is 0.532. The van der Waals surface area contributed by atoms with Crippen molar-refractivity contribution in [2.75, 3.05) is 0 Å². The number of rotatable bonds is 9. The van der Waals surface area contributed by atoms with E-state index in [1.165, 1.54) is 31.2 Å². The van der Waals surface area contributed by atoms with E-state index in [0.717, 1.165) is 19.3 Å². The molecule has 0 heterocycles. The van der Waals surface area contributed by atoms with Gasteiger partial charge >= 0.3 is 0 Å². The second-order valence-electron chi connectivity index (χ2n) is 5.86. The lowest BCUT2D eigenvalue weighted by Gasteiger charge is -2.31. The average Bonchev–Trinajstić information content (AvgIpc) is 2.44. The lowest BCUT2D eigenvalue weighted by atomic mass is 9.80. The standard InChI is InChI=1S/C18H30O/c1-4-7-11-16(5-2)14-18(19,6-3)15-17-12-9-8-10-13-17/h8-10,12-13,16,19H,4-7,11,14-15H2,1-3H3. The number of hydrogen-bond acceptors (Lipinski definition) is 1. The maximum absolute atomic E-state index is 10.9. The molecule has 19 heavy (non-hydrogen) atoms. The van der Waals surface area contributed by atoms with Gasteiger partial charge in [0.05, 0.1) is 5.60 Å². The van der Waals surface area contributed by atoms with Gasteiger partial charge in [-0.1, -0.05) is 76.8 Å².